The van der Waals surface area contributed by atoms with Gasteiger partial charge in [0.05, 0.1) is 33.6 Å². The number of halogens is 2. The van der Waals surface area contributed by atoms with Gasteiger partial charge in [0.15, 0.2) is 0 Å². The highest BCUT2D eigenvalue weighted by Crippen LogP contribution is 2.24. The summed E-state index contributed by atoms with van der Waals surface area (Å²) in [6, 6.07) is 11.2. The molecule has 1 fully saturated rings. The number of morpholine rings is 1. The molecule has 156 valence electrons. The minimum Gasteiger partial charge on any atom is -0.373 e. The van der Waals surface area contributed by atoms with E-state index in [0.717, 1.165) is 5.56 Å². The maximum atomic E-state index is 12.9. The van der Waals surface area contributed by atoms with Crippen LogP contribution in [-0.4, -0.2) is 43.9 Å². The van der Waals surface area contributed by atoms with Crippen LogP contribution in [0.15, 0.2) is 47.4 Å². The van der Waals surface area contributed by atoms with Crippen molar-refractivity contribution in [3.8, 4) is 0 Å². The van der Waals surface area contributed by atoms with Crippen LogP contribution in [0.3, 0.4) is 0 Å². The molecule has 2 aromatic rings. The molecule has 0 saturated carbocycles. The minimum atomic E-state index is -3.62. The molecule has 0 spiro atoms. The quantitative estimate of drug-likeness (QED) is 0.737. The second kappa shape index (κ2) is 9.02. The number of sulfonamides is 1. The molecule has 1 saturated heterocycles. The third kappa shape index (κ3) is 5.49. The number of hydrogen-bond acceptors (Lipinski definition) is 4. The van der Waals surface area contributed by atoms with Crippen molar-refractivity contribution >= 4 is 44.8 Å². The van der Waals surface area contributed by atoms with Crippen LogP contribution in [0.4, 0.5) is 5.69 Å². The van der Waals surface area contributed by atoms with Gasteiger partial charge in [0, 0.05) is 18.8 Å². The molecule has 1 aliphatic rings. The summed E-state index contributed by atoms with van der Waals surface area (Å²) in [5.74, 6) is -0.241. The van der Waals surface area contributed by atoms with Gasteiger partial charge in [-0.25, -0.2) is 8.42 Å². The van der Waals surface area contributed by atoms with Gasteiger partial charge in [0.1, 0.15) is 0 Å². The molecule has 2 unspecified atom stereocenters. The van der Waals surface area contributed by atoms with E-state index in [1.165, 1.54) is 16.4 Å². The zero-order valence-electron chi connectivity index (χ0n) is 16.1. The van der Waals surface area contributed by atoms with Crippen molar-refractivity contribution in [2.45, 2.75) is 37.4 Å². The summed E-state index contributed by atoms with van der Waals surface area (Å²) in [5.41, 5.74) is 1.24. The predicted octanol–water partition coefficient (Wildman–Crippen LogP) is 3.97. The molecule has 3 rings (SSSR count). The highest BCUT2D eigenvalue weighted by Gasteiger charge is 2.32. The number of hydrogen-bond donors (Lipinski definition) is 1. The van der Waals surface area contributed by atoms with Gasteiger partial charge in [-0.3, -0.25) is 4.79 Å². The van der Waals surface area contributed by atoms with Crippen LogP contribution >= 0.6 is 23.2 Å². The van der Waals surface area contributed by atoms with Crippen molar-refractivity contribution in [3.63, 3.8) is 0 Å². The molecule has 0 aromatic heterocycles. The van der Waals surface area contributed by atoms with Gasteiger partial charge < -0.3 is 10.1 Å². The van der Waals surface area contributed by atoms with Crippen LogP contribution < -0.4 is 5.32 Å². The van der Waals surface area contributed by atoms with E-state index in [-0.39, 0.29) is 29.4 Å². The van der Waals surface area contributed by atoms with E-state index >= 15 is 0 Å². The van der Waals surface area contributed by atoms with E-state index in [9.17, 15) is 13.2 Å². The first kappa shape index (κ1) is 22.1. The molecule has 1 aliphatic heterocycles. The summed E-state index contributed by atoms with van der Waals surface area (Å²) in [4.78, 5) is 12.4. The molecule has 1 N–H and O–H groups in total. The first-order valence-electron chi connectivity index (χ1n) is 9.14. The van der Waals surface area contributed by atoms with E-state index in [0.29, 0.717) is 28.8 Å². The van der Waals surface area contributed by atoms with Crippen molar-refractivity contribution in [2.75, 3.05) is 18.4 Å². The smallest absolute Gasteiger partial charge is 0.243 e. The Balaban J connectivity index is 1.66. The number of nitrogens with zero attached hydrogens (tertiary/aromatic N) is 1. The molecule has 1 amide bonds. The van der Waals surface area contributed by atoms with Gasteiger partial charge in [0.2, 0.25) is 15.9 Å². The molecule has 2 atom stereocenters. The number of carbonyl (C=O) groups excluding carboxylic acids is 1. The van der Waals surface area contributed by atoms with E-state index in [2.05, 4.69) is 5.32 Å². The van der Waals surface area contributed by atoms with Crippen LogP contribution in [0.2, 0.25) is 10.0 Å². The summed E-state index contributed by atoms with van der Waals surface area (Å²) in [6.07, 6.45) is -0.192. The van der Waals surface area contributed by atoms with Crippen molar-refractivity contribution < 1.29 is 17.9 Å². The monoisotopic (exact) mass is 456 g/mol. The topological polar surface area (TPSA) is 75.7 Å². The number of anilines is 1. The maximum absolute atomic E-state index is 12.9. The number of amides is 1. The first-order chi connectivity index (χ1) is 13.6. The van der Waals surface area contributed by atoms with Crippen LogP contribution in [0, 0.1) is 0 Å². The van der Waals surface area contributed by atoms with Gasteiger partial charge in [-0.05, 0) is 55.8 Å². The molecular weight excluding hydrogens is 435 g/mol. The Labute approximate surface area is 180 Å². The number of ether oxygens (including phenoxy) is 1. The summed E-state index contributed by atoms with van der Waals surface area (Å²) in [5, 5.41) is 3.57. The van der Waals surface area contributed by atoms with Crippen molar-refractivity contribution in [2.24, 2.45) is 0 Å². The Morgan fingerprint density at radius 1 is 1.07 bits per heavy atom. The largest absolute Gasteiger partial charge is 0.373 e. The first-order valence-corrected chi connectivity index (χ1v) is 11.3. The number of nitrogens with one attached hydrogen (secondary N) is 1. The van der Waals surface area contributed by atoms with Gasteiger partial charge in [-0.1, -0.05) is 29.3 Å². The fraction of sp³-hybridized carbons (Fsp3) is 0.350. The van der Waals surface area contributed by atoms with E-state index in [4.69, 9.17) is 27.9 Å². The molecule has 0 radical (unpaired) electrons. The molecule has 9 heteroatoms. The zero-order valence-corrected chi connectivity index (χ0v) is 18.4. The van der Waals surface area contributed by atoms with Crippen LogP contribution in [0.1, 0.15) is 19.4 Å². The Hall–Kier alpha value is -1.64. The molecule has 0 aliphatic carbocycles. The standard InChI is InChI=1S/C20H22Cl2N2O4S/c1-13-11-24(12-14(2)28-13)29(26,27)17-6-4-16(5-7-17)23-20(25)10-15-3-8-18(21)19(22)9-15/h3-9,13-14H,10-12H2,1-2H3,(H,23,25). The van der Waals surface area contributed by atoms with Gasteiger partial charge in [0.25, 0.3) is 0 Å². The maximum Gasteiger partial charge on any atom is 0.243 e. The average molecular weight is 457 g/mol. The highest BCUT2D eigenvalue weighted by atomic mass is 35.5. The Bertz CT molecular complexity index is 986. The second-order valence-electron chi connectivity index (χ2n) is 7.08. The minimum absolute atomic E-state index is 0.125. The predicted molar refractivity (Wildman–Crippen MR) is 114 cm³/mol. The summed E-state index contributed by atoms with van der Waals surface area (Å²) in [6.45, 7) is 4.33. The fourth-order valence-corrected chi connectivity index (χ4v) is 5.14. The number of rotatable bonds is 5. The van der Waals surface area contributed by atoms with E-state index < -0.39 is 10.0 Å². The lowest BCUT2D eigenvalue weighted by Gasteiger charge is -2.34. The number of benzene rings is 2. The van der Waals surface area contributed by atoms with Crippen molar-refractivity contribution in [1.29, 1.82) is 0 Å². The Kier molecular flexibility index (Phi) is 6.86. The number of carbonyl (C=O) groups is 1. The summed E-state index contributed by atoms with van der Waals surface area (Å²) >= 11 is 11.8. The summed E-state index contributed by atoms with van der Waals surface area (Å²) < 4.78 is 32.8. The molecule has 29 heavy (non-hydrogen) atoms. The third-order valence-corrected chi connectivity index (χ3v) is 7.10. The van der Waals surface area contributed by atoms with Gasteiger partial charge in [-0.2, -0.15) is 4.31 Å². The molecule has 0 bridgehead atoms. The highest BCUT2D eigenvalue weighted by molar-refractivity contribution is 7.89. The molecular formula is C20H22Cl2N2O4S. The van der Waals surface area contributed by atoms with E-state index in [1.807, 2.05) is 13.8 Å². The van der Waals surface area contributed by atoms with Crippen LogP contribution in [-0.2, 0) is 26.0 Å². The normalized spacial score (nSPS) is 20.4. The lowest BCUT2D eigenvalue weighted by molar-refractivity contribution is -0.115. The third-order valence-electron chi connectivity index (χ3n) is 4.51. The van der Waals surface area contributed by atoms with E-state index in [1.54, 1.807) is 30.3 Å². The fourth-order valence-electron chi connectivity index (χ4n) is 3.23. The SMILES string of the molecule is CC1CN(S(=O)(=O)c2ccc(NC(=O)Cc3ccc(Cl)c(Cl)c3)cc2)CC(C)O1. The van der Waals surface area contributed by atoms with Crippen molar-refractivity contribution in [1.82, 2.24) is 4.31 Å². The molecule has 1 heterocycles. The Morgan fingerprint density at radius 3 is 2.28 bits per heavy atom. The lowest BCUT2D eigenvalue weighted by Crippen LogP contribution is -2.48. The van der Waals surface area contributed by atoms with Crippen LogP contribution in [0.5, 0.6) is 0 Å². The van der Waals surface area contributed by atoms with Crippen molar-refractivity contribution in [3.05, 3.63) is 58.1 Å². The summed E-state index contributed by atoms with van der Waals surface area (Å²) in [7, 11) is -3.62. The second-order valence-corrected chi connectivity index (χ2v) is 9.83. The van der Waals surface area contributed by atoms with Gasteiger partial charge >= 0.3 is 0 Å². The average Bonchev–Trinajstić information content (AvgIpc) is 2.64. The van der Waals surface area contributed by atoms with Gasteiger partial charge in [-0.15, -0.1) is 0 Å². The molecule has 2 aromatic carbocycles. The zero-order chi connectivity index (χ0) is 21.2. The molecule has 6 nitrogen and oxygen atoms in total. The lowest BCUT2D eigenvalue weighted by atomic mass is 10.1. The van der Waals surface area contributed by atoms with Crippen LogP contribution in [0.25, 0.3) is 0 Å². The Morgan fingerprint density at radius 2 is 1.69 bits per heavy atom.